The molecule has 0 radical (unpaired) electrons. The Labute approximate surface area is 95.8 Å². The van der Waals surface area contributed by atoms with Crippen LogP contribution in [0.5, 0.6) is 5.75 Å². The summed E-state index contributed by atoms with van der Waals surface area (Å²) in [6, 6.07) is 5.06. The molecule has 6 heteroatoms. The van der Waals surface area contributed by atoms with Crippen molar-refractivity contribution in [3.05, 3.63) is 42.0 Å². The summed E-state index contributed by atoms with van der Waals surface area (Å²) < 4.78 is 4.32. The second-order valence-electron chi connectivity index (χ2n) is 2.93. The number of aliphatic carboxylic acids is 1. The highest BCUT2D eigenvalue weighted by Crippen LogP contribution is 2.10. The summed E-state index contributed by atoms with van der Waals surface area (Å²) >= 11 is 0. The smallest absolute Gasteiger partial charge is 0.346 e. The SMILES string of the molecule is O=C(O)/C=C\C(=O)OC(=O)c1ccc(O)cc1. The minimum atomic E-state index is -1.32. The molecular weight excluding hydrogens is 228 g/mol. The molecule has 0 amide bonds. The maximum Gasteiger partial charge on any atom is 0.346 e. The Morgan fingerprint density at radius 1 is 1.06 bits per heavy atom. The van der Waals surface area contributed by atoms with Crippen LogP contribution >= 0.6 is 0 Å². The number of carboxylic acid groups (broad SMARTS) is 1. The van der Waals surface area contributed by atoms with Crippen LogP contribution in [0, 0.1) is 0 Å². The normalized spacial score (nSPS) is 10.1. The number of hydrogen-bond donors (Lipinski definition) is 2. The van der Waals surface area contributed by atoms with Gasteiger partial charge in [0, 0.05) is 12.2 Å². The molecule has 0 aromatic heterocycles. The Hall–Kier alpha value is -2.63. The first-order valence-electron chi connectivity index (χ1n) is 4.45. The number of carbonyl (C=O) groups excluding carboxylic acids is 2. The molecule has 0 saturated heterocycles. The van der Waals surface area contributed by atoms with E-state index in [1.807, 2.05) is 0 Å². The van der Waals surface area contributed by atoms with Crippen molar-refractivity contribution in [1.29, 1.82) is 0 Å². The first-order chi connectivity index (χ1) is 7.99. The molecule has 0 aliphatic rings. The van der Waals surface area contributed by atoms with Gasteiger partial charge in [-0.1, -0.05) is 0 Å². The van der Waals surface area contributed by atoms with E-state index < -0.39 is 17.9 Å². The standard InChI is InChI=1S/C11H8O6/c12-8-3-1-7(2-4-8)11(16)17-10(15)6-5-9(13)14/h1-6,12H,(H,13,14)/b6-5-. The van der Waals surface area contributed by atoms with Crippen LogP contribution in [0.3, 0.4) is 0 Å². The van der Waals surface area contributed by atoms with Gasteiger partial charge >= 0.3 is 17.9 Å². The lowest BCUT2D eigenvalue weighted by atomic mass is 10.2. The first kappa shape index (κ1) is 12.4. The molecule has 0 aliphatic carbocycles. The molecule has 1 aromatic rings. The van der Waals surface area contributed by atoms with E-state index in [-0.39, 0.29) is 11.3 Å². The molecule has 88 valence electrons. The van der Waals surface area contributed by atoms with E-state index in [4.69, 9.17) is 10.2 Å². The van der Waals surface area contributed by atoms with Gasteiger partial charge in [0.25, 0.3) is 0 Å². The average molecular weight is 236 g/mol. The van der Waals surface area contributed by atoms with E-state index in [0.717, 1.165) is 0 Å². The highest BCUT2D eigenvalue weighted by Gasteiger charge is 2.10. The quantitative estimate of drug-likeness (QED) is 0.455. The van der Waals surface area contributed by atoms with Crippen LogP contribution in [0.15, 0.2) is 36.4 Å². The van der Waals surface area contributed by atoms with Gasteiger partial charge in [0.1, 0.15) is 5.75 Å². The van der Waals surface area contributed by atoms with Crippen molar-refractivity contribution in [3.63, 3.8) is 0 Å². The van der Waals surface area contributed by atoms with Gasteiger partial charge in [-0.2, -0.15) is 0 Å². The summed E-state index contributed by atoms with van der Waals surface area (Å²) in [6.07, 6.45) is 1.19. The summed E-state index contributed by atoms with van der Waals surface area (Å²) in [6.45, 7) is 0. The predicted molar refractivity (Wildman–Crippen MR) is 55.3 cm³/mol. The zero-order chi connectivity index (χ0) is 12.8. The lowest BCUT2D eigenvalue weighted by molar-refractivity contribution is -0.134. The molecule has 0 saturated carbocycles. The molecule has 6 nitrogen and oxygen atoms in total. The number of phenolic OH excluding ortho intramolecular Hbond substituents is 1. The first-order valence-corrected chi connectivity index (χ1v) is 4.45. The molecule has 0 fully saturated rings. The van der Waals surface area contributed by atoms with Crippen molar-refractivity contribution >= 4 is 17.9 Å². The molecule has 0 bridgehead atoms. The number of phenols is 1. The van der Waals surface area contributed by atoms with Crippen molar-refractivity contribution in [3.8, 4) is 5.75 Å². The van der Waals surface area contributed by atoms with Crippen molar-refractivity contribution in [2.45, 2.75) is 0 Å². The monoisotopic (exact) mass is 236 g/mol. The Morgan fingerprint density at radius 3 is 2.18 bits per heavy atom. The Bertz CT molecular complexity index is 471. The van der Waals surface area contributed by atoms with Crippen molar-refractivity contribution < 1.29 is 29.3 Å². The van der Waals surface area contributed by atoms with Crippen molar-refractivity contribution in [2.75, 3.05) is 0 Å². The summed E-state index contributed by atoms with van der Waals surface area (Å²) in [5.74, 6) is -3.35. The van der Waals surface area contributed by atoms with Crippen LogP contribution in [-0.2, 0) is 14.3 Å². The topological polar surface area (TPSA) is 101 Å². The number of ether oxygens (including phenoxy) is 1. The van der Waals surface area contributed by atoms with E-state index >= 15 is 0 Å². The highest BCUT2D eigenvalue weighted by molar-refractivity contribution is 6.01. The summed E-state index contributed by atoms with van der Waals surface area (Å²) in [4.78, 5) is 32.4. The fourth-order valence-corrected chi connectivity index (χ4v) is 0.921. The van der Waals surface area contributed by atoms with E-state index in [2.05, 4.69) is 4.74 Å². The van der Waals surface area contributed by atoms with Gasteiger partial charge in [0.2, 0.25) is 0 Å². The number of carboxylic acids is 1. The number of rotatable bonds is 3. The van der Waals surface area contributed by atoms with Gasteiger partial charge in [-0.25, -0.2) is 14.4 Å². The van der Waals surface area contributed by atoms with Crippen LogP contribution < -0.4 is 0 Å². The summed E-state index contributed by atoms with van der Waals surface area (Å²) in [7, 11) is 0. The minimum Gasteiger partial charge on any atom is -0.508 e. The third-order valence-electron chi connectivity index (χ3n) is 1.66. The van der Waals surface area contributed by atoms with E-state index in [1.54, 1.807) is 0 Å². The van der Waals surface area contributed by atoms with Gasteiger partial charge in [-0.3, -0.25) is 0 Å². The number of benzene rings is 1. The van der Waals surface area contributed by atoms with Gasteiger partial charge in [0.05, 0.1) is 5.56 Å². The largest absolute Gasteiger partial charge is 0.508 e. The highest BCUT2D eigenvalue weighted by atomic mass is 16.6. The van der Waals surface area contributed by atoms with Crippen molar-refractivity contribution in [2.24, 2.45) is 0 Å². The summed E-state index contributed by atoms with van der Waals surface area (Å²) in [5.41, 5.74) is 0.0693. The average Bonchev–Trinajstić information content (AvgIpc) is 2.27. The van der Waals surface area contributed by atoms with Crippen LogP contribution in [0.1, 0.15) is 10.4 Å². The van der Waals surface area contributed by atoms with Gasteiger partial charge < -0.3 is 14.9 Å². The lowest BCUT2D eigenvalue weighted by Crippen LogP contribution is -2.10. The zero-order valence-corrected chi connectivity index (χ0v) is 8.49. The lowest BCUT2D eigenvalue weighted by Gasteiger charge is -1.99. The van der Waals surface area contributed by atoms with Gasteiger partial charge in [0.15, 0.2) is 0 Å². The van der Waals surface area contributed by atoms with Crippen LogP contribution in [0.2, 0.25) is 0 Å². The molecule has 0 spiro atoms. The fourth-order valence-electron chi connectivity index (χ4n) is 0.921. The van der Waals surface area contributed by atoms with Gasteiger partial charge in [-0.15, -0.1) is 0 Å². The van der Waals surface area contributed by atoms with Gasteiger partial charge in [-0.05, 0) is 24.3 Å². The third kappa shape index (κ3) is 4.17. The number of esters is 2. The van der Waals surface area contributed by atoms with Crippen LogP contribution in [-0.4, -0.2) is 28.1 Å². The maximum absolute atomic E-state index is 11.3. The van der Waals surface area contributed by atoms with E-state index in [1.165, 1.54) is 24.3 Å². The number of carbonyl (C=O) groups is 3. The number of aromatic hydroxyl groups is 1. The van der Waals surface area contributed by atoms with Crippen LogP contribution in [0.25, 0.3) is 0 Å². The molecule has 1 rings (SSSR count). The van der Waals surface area contributed by atoms with Crippen LogP contribution in [0.4, 0.5) is 0 Å². The maximum atomic E-state index is 11.3. The molecule has 0 aliphatic heterocycles. The Morgan fingerprint density at radius 2 is 1.65 bits per heavy atom. The van der Waals surface area contributed by atoms with E-state index in [0.29, 0.717) is 12.2 Å². The molecule has 17 heavy (non-hydrogen) atoms. The zero-order valence-electron chi connectivity index (χ0n) is 8.49. The molecule has 2 N–H and O–H groups in total. The molecular formula is C11H8O6. The van der Waals surface area contributed by atoms with Crippen molar-refractivity contribution in [1.82, 2.24) is 0 Å². The second-order valence-corrected chi connectivity index (χ2v) is 2.93. The minimum absolute atomic E-state index is 0.0290. The number of hydrogen-bond acceptors (Lipinski definition) is 5. The predicted octanol–water partition coefficient (Wildman–Crippen LogP) is 0.716. The fraction of sp³-hybridized carbons (Fsp3) is 0. The molecule has 0 atom stereocenters. The second kappa shape index (κ2) is 5.45. The molecule has 0 heterocycles. The Balaban J connectivity index is 2.63. The Kier molecular flexibility index (Phi) is 3.99. The summed E-state index contributed by atoms with van der Waals surface area (Å²) in [5, 5.41) is 17.2. The molecule has 1 aromatic carbocycles. The van der Waals surface area contributed by atoms with E-state index in [9.17, 15) is 14.4 Å². The molecule has 0 unspecified atom stereocenters. The third-order valence-corrected chi connectivity index (χ3v) is 1.66.